The van der Waals surface area contributed by atoms with Crippen LogP contribution < -0.4 is 9.64 Å². The van der Waals surface area contributed by atoms with E-state index in [1.54, 1.807) is 0 Å². The zero-order valence-corrected chi connectivity index (χ0v) is 19.2. The average Bonchev–Trinajstić information content (AvgIpc) is 2.98. The lowest BCUT2D eigenvalue weighted by Gasteiger charge is -2.27. The minimum absolute atomic E-state index is 0.0339. The largest absolute Gasteiger partial charge is 0.471 e. The predicted octanol–water partition coefficient (Wildman–Crippen LogP) is 7.76. The molecule has 2 heteroatoms. The molecule has 1 aliphatic carbocycles. The van der Waals surface area contributed by atoms with Crippen LogP contribution in [0.2, 0.25) is 0 Å². The van der Waals surface area contributed by atoms with Gasteiger partial charge in [-0.15, -0.1) is 0 Å². The van der Waals surface area contributed by atoms with Gasteiger partial charge in [0, 0.05) is 23.7 Å². The number of allylic oxidation sites excluding steroid dienone is 3. The lowest BCUT2D eigenvalue weighted by Crippen LogP contribution is -2.16. The van der Waals surface area contributed by atoms with Crippen LogP contribution >= 0.6 is 0 Å². The number of benzene rings is 4. The van der Waals surface area contributed by atoms with Crippen molar-refractivity contribution in [3.05, 3.63) is 103 Å². The molecule has 33 heavy (non-hydrogen) atoms. The van der Waals surface area contributed by atoms with E-state index in [9.17, 15) is 0 Å². The van der Waals surface area contributed by atoms with Crippen molar-refractivity contribution in [1.82, 2.24) is 0 Å². The van der Waals surface area contributed by atoms with E-state index in [4.69, 9.17) is 4.74 Å². The van der Waals surface area contributed by atoms with Gasteiger partial charge in [0.15, 0.2) is 6.10 Å². The van der Waals surface area contributed by atoms with Crippen molar-refractivity contribution in [2.24, 2.45) is 0 Å². The predicted molar refractivity (Wildman–Crippen MR) is 141 cm³/mol. The van der Waals surface area contributed by atoms with Gasteiger partial charge in [-0.1, -0.05) is 105 Å². The van der Waals surface area contributed by atoms with E-state index in [1.165, 1.54) is 21.5 Å². The van der Waals surface area contributed by atoms with Gasteiger partial charge in [0.05, 0.1) is 11.6 Å². The van der Waals surface area contributed by atoms with Gasteiger partial charge in [0.25, 0.3) is 0 Å². The maximum Gasteiger partial charge on any atom is 0.177 e. The van der Waals surface area contributed by atoms with Crippen molar-refractivity contribution in [2.45, 2.75) is 25.9 Å². The lowest BCUT2D eigenvalue weighted by molar-refractivity contribution is 0.305. The highest BCUT2D eigenvalue weighted by atomic mass is 16.5. The zero-order chi connectivity index (χ0) is 22.8. The van der Waals surface area contributed by atoms with Crippen molar-refractivity contribution < 1.29 is 4.74 Å². The Morgan fingerprint density at radius 1 is 0.727 bits per heavy atom. The minimum Gasteiger partial charge on any atom is -0.471 e. The summed E-state index contributed by atoms with van der Waals surface area (Å²) in [6.45, 7) is 4.00. The molecule has 0 radical (unpaired) electrons. The number of hydrogen-bond acceptors (Lipinski definition) is 2. The van der Waals surface area contributed by atoms with Crippen molar-refractivity contribution in [1.29, 1.82) is 0 Å². The van der Waals surface area contributed by atoms with Crippen molar-refractivity contribution in [3.63, 3.8) is 0 Å². The number of anilines is 2. The smallest absolute Gasteiger partial charge is 0.177 e. The molecule has 0 aromatic heterocycles. The molecule has 0 amide bonds. The van der Waals surface area contributed by atoms with Crippen molar-refractivity contribution in [2.75, 3.05) is 11.9 Å². The molecule has 1 aliphatic heterocycles. The van der Waals surface area contributed by atoms with E-state index < -0.39 is 0 Å². The van der Waals surface area contributed by atoms with Gasteiger partial charge >= 0.3 is 0 Å². The number of fused-ring (bicyclic) bond motifs is 7. The van der Waals surface area contributed by atoms with Crippen LogP contribution in [0, 0.1) is 11.8 Å². The van der Waals surface area contributed by atoms with Gasteiger partial charge in [-0.25, -0.2) is 0 Å². The third kappa shape index (κ3) is 3.66. The molecular formula is C31H27NO. The number of nitrogens with zero attached hydrogens (tertiary/aromatic N) is 1. The summed E-state index contributed by atoms with van der Waals surface area (Å²) in [7, 11) is 2.12. The molecular weight excluding hydrogens is 402 g/mol. The van der Waals surface area contributed by atoms with Crippen LogP contribution in [-0.2, 0) is 0 Å². The molecule has 2 nitrogen and oxygen atoms in total. The molecule has 2 bridgehead atoms. The fourth-order valence-corrected chi connectivity index (χ4v) is 4.61. The topological polar surface area (TPSA) is 12.5 Å². The highest BCUT2D eigenvalue weighted by Gasteiger charge is 2.24. The second-order valence-corrected chi connectivity index (χ2v) is 7.99. The number of hydrogen-bond donors (Lipinski definition) is 0. The Morgan fingerprint density at radius 3 is 2.30 bits per heavy atom. The van der Waals surface area contributed by atoms with Crippen LogP contribution in [0.1, 0.15) is 25.3 Å². The Bertz CT molecular complexity index is 1450. The van der Waals surface area contributed by atoms with Crippen LogP contribution in [-0.4, -0.2) is 13.2 Å². The monoisotopic (exact) mass is 429 g/mol. The highest BCUT2D eigenvalue weighted by Crippen LogP contribution is 2.43. The Morgan fingerprint density at radius 2 is 1.45 bits per heavy atom. The van der Waals surface area contributed by atoms with E-state index in [1.807, 2.05) is 26.0 Å². The molecule has 0 spiro atoms. The van der Waals surface area contributed by atoms with E-state index in [0.29, 0.717) is 0 Å². The second-order valence-electron chi connectivity index (χ2n) is 7.99. The van der Waals surface area contributed by atoms with Crippen LogP contribution in [0.5, 0.6) is 5.75 Å². The summed E-state index contributed by atoms with van der Waals surface area (Å²) >= 11 is 0. The standard InChI is InChI=1S/C29H21NO.C2H6/c1-30(28-19-21-10-3-5-12-23(21)25-13-6-7-14-26(25)28)27-16-8-15-24-20-9-2-4-11-22(18-17-20)31-29(24)27;1-2/h2-16,19-20,22H,1H3;1-2H3/b9-2-,11-4-;. The van der Waals surface area contributed by atoms with Gasteiger partial charge < -0.3 is 9.64 Å². The van der Waals surface area contributed by atoms with Crippen LogP contribution in [0.4, 0.5) is 11.4 Å². The van der Waals surface area contributed by atoms with Crippen molar-refractivity contribution >= 4 is 32.9 Å². The second kappa shape index (κ2) is 8.88. The van der Waals surface area contributed by atoms with Crippen LogP contribution in [0.15, 0.2) is 97.1 Å². The summed E-state index contributed by atoms with van der Waals surface area (Å²) in [6.07, 6.45) is 8.01. The molecule has 2 atom stereocenters. The number of para-hydroxylation sites is 1. The van der Waals surface area contributed by atoms with Gasteiger partial charge in [0.2, 0.25) is 0 Å². The molecule has 2 aliphatic rings. The molecule has 1 heterocycles. The molecule has 0 saturated heterocycles. The van der Waals surface area contributed by atoms with Crippen molar-refractivity contribution in [3.8, 4) is 17.6 Å². The quantitative estimate of drug-likeness (QED) is 0.238. The van der Waals surface area contributed by atoms with E-state index >= 15 is 0 Å². The summed E-state index contributed by atoms with van der Waals surface area (Å²) in [6, 6.07) is 25.8. The lowest BCUT2D eigenvalue weighted by atomic mass is 9.96. The molecule has 6 rings (SSSR count). The van der Waals surface area contributed by atoms with Crippen LogP contribution in [0.25, 0.3) is 21.5 Å². The summed E-state index contributed by atoms with van der Waals surface area (Å²) in [5, 5.41) is 4.98. The third-order valence-corrected chi connectivity index (χ3v) is 6.16. The SMILES string of the molecule is CC.CN(c1cccc2c1OC1C#CC2/C=C\C=C/1)c1cc2ccccc2c2ccccc12. The molecule has 2 unspecified atom stereocenters. The average molecular weight is 430 g/mol. The van der Waals surface area contributed by atoms with E-state index in [-0.39, 0.29) is 12.0 Å². The fraction of sp³-hybridized carbons (Fsp3) is 0.161. The van der Waals surface area contributed by atoms with Gasteiger partial charge in [-0.05, 0) is 34.4 Å². The summed E-state index contributed by atoms with van der Waals surface area (Å²) in [5.41, 5.74) is 3.32. The molecule has 0 fully saturated rings. The maximum atomic E-state index is 6.44. The Kier molecular flexibility index (Phi) is 5.63. The number of ether oxygens (including phenoxy) is 1. The summed E-state index contributed by atoms with van der Waals surface area (Å²) in [5.74, 6) is 7.56. The first kappa shape index (κ1) is 20.9. The van der Waals surface area contributed by atoms with Gasteiger partial charge in [-0.2, -0.15) is 0 Å². The Hall–Kier alpha value is -3.96. The number of rotatable bonds is 2. The molecule has 4 aromatic carbocycles. The fourth-order valence-electron chi connectivity index (χ4n) is 4.61. The molecule has 0 saturated carbocycles. The first-order valence-electron chi connectivity index (χ1n) is 11.6. The summed E-state index contributed by atoms with van der Waals surface area (Å²) in [4.78, 5) is 2.25. The van der Waals surface area contributed by atoms with E-state index in [0.717, 1.165) is 22.7 Å². The summed E-state index contributed by atoms with van der Waals surface area (Å²) < 4.78 is 6.44. The van der Waals surface area contributed by atoms with Gasteiger partial charge in [-0.3, -0.25) is 0 Å². The Labute approximate surface area is 195 Å². The zero-order valence-electron chi connectivity index (χ0n) is 19.2. The van der Waals surface area contributed by atoms with E-state index in [2.05, 4.69) is 109 Å². The molecule has 162 valence electrons. The minimum atomic E-state index is -0.239. The molecule has 0 N–H and O–H groups in total. The molecule has 4 aromatic rings. The maximum absolute atomic E-state index is 6.44. The Balaban J connectivity index is 0.00000111. The first-order chi connectivity index (χ1) is 16.3. The van der Waals surface area contributed by atoms with Crippen LogP contribution in [0.3, 0.4) is 0 Å². The first-order valence-corrected chi connectivity index (χ1v) is 11.6. The normalized spacial score (nSPS) is 19.5. The van der Waals surface area contributed by atoms with Gasteiger partial charge in [0.1, 0.15) is 5.75 Å². The third-order valence-electron chi connectivity index (χ3n) is 6.16. The highest BCUT2D eigenvalue weighted by molar-refractivity contribution is 6.13.